The van der Waals surface area contributed by atoms with Crippen LogP contribution in [0.2, 0.25) is 0 Å². The van der Waals surface area contributed by atoms with Crippen LogP contribution < -0.4 is 10.1 Å². The van der Waals surface area contributed by atoms with E-state index < -0.39 is 12.0 Å². The first-order valence-corrected chi connectivity index (χ1v) is 13.5. The number of ether oxygens (including phenoxy) is 2. The molecule has 7 nitrogen and oxygen atoms in total. The topological polar surface area (TPSA) is 80.2 Å². The largest absolute Gasteiger partial charge is 0.489 e. The second-order valence-corrected chi connectivity index (χ2v) is 10.5. The number of hydrogen-bond acceptors (Lipinski definition) is 7. The van der Waals surface area contributed by atoms with E-state index in [9.17, 15) is 9.59 Å². The number of amidine groups is 1. The summed E-state index contributed by atoms with van der Waals surface area (Å²) >= 11 is 1.47. The Morgan fingerprint density at radius 3 is 2.65 bits per heavy atom. The quantitative estimate of drug-likeness (QED) is 0.445. The molecule has 2 aromatic carbocycles. The number of rotatable bonds is 9. The highest BCUT2D eigenvalue weighted by atomic mass is 32.2. The van der Waals surface area contributed by atoms with Gasteiger partial charge >= 0.3 is 5.97 Å². The molecule has 3 aliphatic rings. The summed E-state index contributed by atoms with van der Waals surface area (Å²) in [7, 11) is 0. The predicted molar refractivity (Wildman–Crippen MR) is 145 cm³/mol. The van der Waals surface area contributed by atoms with Crippen molar-refractivity contribution in [1.29, 1.82) is 0 Å². The molecule has 37 heavy (non-hydrogen) atoms. The molecule has 2 heterocycles. The van der Waals surface area contributed by atoms with E-state index in [4.69, 9.17) is 14.5 Å². The third kappa shape index (κ3) is 5.91. The van der Waals surface area contributed by atoms with E-state index in [1.54, 1.807) is 0 Å². The standard InChI is InChI=1S/C29H31N3O4S/c1-18(2)36-28(34)26-19(3)30-29-32(23(17-37-29)15-25(33)31-22-12-13-22)27(26)21-10-7-11-24(14-21)35-16-20-8-5-4-6-9-20/h4-11,14,17-18,22,27H,12-13,15-16H2,1-3H3,(H,31,33). The monoisotopic (exact) mass is 517 g/mol. The lowest BCUT2D eigenvalue weighted by atomic mass is 9.93. The van der Waals surface area contributed by atoms with Gasteiger partial charge in [-0.3, -0.25) is 4.79 Å². The summed E-state index contributed by atoms with van der Waals surface area (Å²) in [5.41, 5.74) is 3.82. The van der Waals surface area contributed by atoms with Gasteiger partial charge in [-0.2, -0.15) is 0 Å². The molecule has 1 saturated carbocycles. The molecule has 1 aliphatic carbocycles. The summed E-state index contributed by atoms with van der Waals surface area (Å²) in [5, 5.41) is 5.76. The minimum atomic E-state index is -0.492. The maximum atomic E-state index is 13.4. The molecule has 1 amide bonds. The molecule has 2 aromatic rings. The maximum absolute atomic E-state index is 13.4. The average Bonchev–Trinajstić information content (AvgIpc) is 3.60. The van der Waals surface area contributed by atoms with E-state index in [-0.39, 0.29) is 24.5 Å². The SMILES string of the molecule is CC1=C(C(=O)OC(C)C)C(c2cccc(OCc3ccccc3)c2)N2C(CC(=O)NC3CC3)=CSC2=N1. The third-order valence-electron chi connectivity index (χ3n) is 6.27. The first-order chi connectivity index (χ1) is 17.9. The molecule has 0 bridgehead atoms. The number of nitrogens with zero attached hydrogens (tertiary/aromatic N) is 2. The molecule has 8 heteroatoms. The van der Waals surface area contributed by atoms with E-state index in [1.165, 1.54) is 11.8 Å². The number of carbonyl (C=O) groups is 2. The molecule has 0 saturated heterocycles. The number of nitrogens with one attached hydrogen (secondary N) is 1. The van der Waals surface area contributed by atoms with Crippen LogP contribution in [-0.2, 0) is 20.9 Å². The number of benzene rings is 2. The number of fused-ring (bicyclic) bond motifs is 1. The Kier molecular flexibility index (Phi) is 7.37. The number of allylic oxidation sites excluding steroid dienone is 1. The van der Waals surface area contributed by atoms with Gasteiger partial charge in [-0.1, -0.05) is 54.2 Å². The Morgan fingerprint density at radius 2 is 1.92 bits per heavy atom. The van der Waals surface area contributed by atoms with Crippen molar-refractivity contribution in [2.75, 3.05) is 0 Å². The van der Waals surface area contributed by atoms with E-state index in [2.05, 4.69) is 5.32 Å². The van der Waals surface area contributed by atoms with Crippen molar-refractivity contribution < 1.29 is 19.1 Å². The van der Waals surface area contributed by atoms with Crippen molar-refractivity contribution in [3.63, 3.8) is 0 Å². The highest BCUT2D eigenvalue weighted by molar-refractivity contribution is 8.16. The van der Waals surface area contributed by atoms with Gasteiger partial charge in [0, 0.05) is 11.7 Å². The van der Waals surface area contributed by atoms with Crippen molar-refractivity contribution in [2.24, 2.45) is 4.99 Å². The van der Waals surface area contributed by atoms with Gasteiger partial charge in [0.15, 0.2) is 5.17 Å². The highest BCUT2D eigenvalue weighted by Crippen LogP contribution is 2.45. The van der Waals surface area contributed by atoms with Crippen molar-refractivity contribution in [3.8, 4) is 5.75 Å². The zero-order chi connectivity index (χ0) is 25.9. The molecule has 1 atom stereocenters. The number of thioether (sulfide) groups is 1. The molecule has 5 rings (SSSR count). The fourth-order valence-electron chi connectivity index (χ4n) is 4.41. The summed E-state index contributed by atoms with van der Waals surface area (Å²) in [6, 6.07) is 17.5. The van der Waals surface area contributed by atoms with Crippen molar-refractivity contribution >= 4 is 28.8 Å². The molecule has 2 aliphatic heterocycles. The van der Waals surface area contributed by atoms with Gasteiger partial charge in [0.05, 0.1) is 29.8 Å². The van der Waals surface area contributed by atoms with Gasteiger partial charge < -0.3 is 19.7 Å². The average molecular weight is 518 g/mol. The fraction of sp³-hybridized carbons (Fsp3) is 0.345. The summed E-state index contributed by atoms with van der Waals surface area (Å²) in [4.78, 5) is 32.8. The second-order valence-electron chi connectivity index (χ2n) is 9.71. The van der Waals surface area contributed by atoms with Gasteiger partial charge in [0.25, 0.3) is 0 Å². The first-order valence-electron chi connectivity index (χ1n) is 12.6. The van der Waals surface area contributed by atoms with Crippen LogP contribution in [0.3, 0.4) is 0 Å². The van der Waals surface area contributed by atoms with E-state index >= 15 is 0 Å². The highest BCUT2D eigenvalue weighted by Gasteiger charge is 2.41. The van der Waals surface area contributed by atoms with Gasteiger partial charge in [-0.25, -0.2) is 9.79 Å². The summed E-state index contributed by atoms with van der Waals surface area (Å²) in [5.74, 6) is 0.268. The number of amides is 1. The van der Waals surface area contributed by atoms with Gasteiger partial charge in [-0.15, -0.1) is 0 Å². The van der Waals surface area contributed by atoms with E-state index in [0.717, 1.165) is 34.8 Å². The molecule has 1 unspecified atom stereocenters. The Balaban J connectivity index is 1.47. The molecule has 0 aromatic heterocycles. The van der Waals surface area contributed by atoms with Crippen LogP contribution >= 0.6 is 11.8 Å². The van der Waals surface area contributed by atoms with Crippen LogP contribution in [0.5, 0.6) is 5.75 Å². The lowest BCUT2D eigenvalue weighted by Gasteiger charge is -2.36. The molecule has 1 fully saturated rings. The van der Waals surface area contributed by atoms with Crippen LogP contribution in [-0.4, -0.2) is 34.1 Å². The summed E-state index contributed by atoms with van der Waals surface area (Å²) in [6.07, 6.45) is 2.00. The minimum absolute atomic E-state index is 0.0214. The van der Waals surface area contributed by atoms with Crippen molar-refractivity contribution in [2.45, 2.75) is 64.8 Å². The molecule has 192 valence electrons. The predicted octanol–water partition coefficient (Wildman–Crippen LogP) is 5.46. The molecule has 1 N–H and O–H groups in total. The number of hydrogen-bond donors (Lipinski definition) is 1. The minimum Gasteiger partial charge on any atom is -0.489 e. The Bertz CT molecular complexity index is 1280. The fourth-order valence-corrected chi connectivity index (χ4v) is 5.37. The molecule has 0 spiro atoms. The maximum Gasteiger partial charge on any atom is 0.338 e. The number of aliphatic imine (C=N–C) groups is 1. The van der Waals surface area contributed by atoms with Gasteiger partial charge in [0.1, 0.15) is 12.4 Å². The zero-order valence-electron chi connectivity index (χ0n) is 21.3. The van der Waals surface area contributed by atoms with Gasteiger partial charge in [-0.05, 0) is 62.3 Å². The van der Waals surface area contributed by atoms with E-state index in [1.807, 2.05) is 85.7 Å². The van der Waals surface area contributed by atoms with Crippen LogP contribution in [0, 0.1) is 0 Å². The zero-order valence-corrected chi connectivity index (χ0v) is 22.1. The van der Waals surface area contributed by atoms with Crippen LogP contribution in [0.15, 0.2) is 82.0 Å². The smallest absolute Gasteiger partial charge is 0.338 e. The number of esters is 1. The lowest BCUT2D eigenvalue weighted by molar-refractivity contribution is -0.143. The third-order valence-corrected chi connectivity index (χ3v) is 7.16. The summed E-state index contributed by atoms with van der Waals surface area (Å²) < 4.78 is 11.7. The molecular formula is C29H31N3O4S. The Labute approximate surface area is 221 Å². The first kappa shape index (κ1) is 25.1. The Hall–Kier alpha value is -3.52. The van der Waals surface area contributed by atoms with Gasteiger partial charge in [0.2, 0.25) is 5.91 Å². The van der Waals surface area contributed by atoms with Crippen molar-refractivity contribution in [3.05, 3.63) is 88.1 Å². The molecular weight excluding hydrogens is 486 g/mol. The van der Waals surface area contributed by atoms with E-state index in [0.29, 0.717) is 23.6 Å². The number of carbonyl (C=O) groups excluding carboxylic acids is 2. The second kappa shape index (κ2) is 10.8. The normalized spacial score (nSPS) is 18.8. The van der Waals surface area contributed by atoms with Crippen LogP contribution in [0.4, 0.5) is 0 Å². The Morgan fingerprint density at radius 1 is 1.14 bits per heavy atom. The van der Waals surface area contributed by atoms with Crippen LogP contribution in [0.25, 0.3) is 0 Å². The van der Waals surface area contributed by atoms with Crippen LogP contribution in [0.1, 0.15) is 57.2 Å². The lowest BCUT2D eigenvalue weighted by Crippen LogP contribution is -2.38. The summed E-state index contributed by atoms with van der Waals surface area (Å²) in [6.45, 7) is 5.93. The van der Waals surface area contributed by atoms with Crippen molar-refractivity contribution in [1.82, 2.24) is 10.2 Å². The molecule has 0 radical (unpaired) electrons.